The summed E-state index contributed by atoms with van der Waals surface area (Å²) in [4.78, 5) is 10.5. The summed E-state index contributed by atoms with van der Waals surface area (Å²) in [6.07, 6.45) is 9.12. The van der Waals surface area contributed by atoms with Gasteiger partial charge in [-0.05, 0) is 6.42 Å². The quantitative estimate of drug-likeness (QED) is 0.398. The van der Waals surface area contributed by atoms with Gasteiger partial charge >= 0.3 is 5.97 Å². The molecule has 0 aromatic carbocycles. The highest BCUT2D eigenvalue weighted by Crippen LogP contribution is 2.13. The Hall–Kier alpha value is -0.610. The van der Waals surface area contributed by atoms with Gasteiger partial charge in [-0.3, -0.25) is 5.73 Å². The fraction of sp³-hybridized carbons (Fsp3) is 0.917. The third-order valence-electron chi connectivity index (χ3n) is 2.78. The van der Waals surface area contributed by atoms with Gasteiger partial charge in [0.2, 0.25) is 5.72 Å². The topological polar surface area (TPSA) is 83.5 Å². The molecule has 4 N–H and O–H groups in total. The molecule has 0 aliphatic heterocycles. The minimum Gasteiger partial charge on any atom is -0.478 e. The highest BCUT2D eigenvalue weighted by molar-refractivity contribution is 5.75. The van der Waals surface area contributed by atoms with Crippen molar-refractivity contribution in [1.29, 1.82) is 0 Å². The Balaban J connectivity index is 3.30. The van der Waals surface area contributed by atoms with Crippen molar-refractivity contribution in [3.05, 3.63) is 0 Å². The van der Waals surface area contributed by atoms with E-state index in [9.17, 15) is 9.90 Å². The van der Waals surface area contributed by atoms with Crippen LogP contribution in [0.25, 0.3) is 0 Å². The van der Waals surface area contributed by atoms with Crippen molar-refractivity contribution in [2.45, 2.75) is 70.4 Å². The lowest BCUT2D eigenvalue weighted by Crippen LogP contribution is -2.47. The van der Waals surface area contributed by atoms with E-state index in [4.69, 9.17) is 10.8 Å². The van der Waals surface area contributed by atoms with Crippen molar-refractivity contribution in [2.24, 2.45) is 5.73 Å². The molecule has 0 saturated carbocycles. The number of aliphatic hydroxyl groups is 1. The van der Waals surface area contributed by atoms with Crippen LogP contribution in [0.1, 0.15) is 64.7 Å². The van der Waals surface area contributed by atoms with Crippen LogP contribution in [0, 0.1) is 0 Å². The lowest BCUT2D eigenvalue weighted by Gasteiger charge is -2.16. The molecule has 1 atom stereocenters. The molecule has 4 heteroatoms. The maximum atomic E-state index is 10.5. The summed E-state index contributed by atoms with van der Waals surface area (Å²) in [7, 11) is 0. The zero-order chi connectivity index (χ0) is 12.4. The van der Waals surface area contributed by atoms with E-state index in [0.717, 1.165) is 12.8 Å². The van der Waals surface area contributed by atoms with Gasteiger partial charge in [-0.25, -0.2) is 4.79 Å². The molecule has 0 aromatic rings. The SMILES string of the molecule is CCCCCCCCCCC(N)(O)C(=O)O. The number of rotatable bonds is 10. The first kappa shape index (κ1) is 15.4. The molecule has 16 heavy (non-hydrogen) atoms. The lowest BCUT2D eigenvalue weighted by atomic mass is 10.0. The van der Waals surface area contributed by atoms with Crippen molar-refractivity contribution in [1.82, 2.24) is 0 Å². The number of carboxylic acids is 1. The van der Waals surface area contributed by atoms with Gasteiger partial charge in [0.1, 0.15) is 0 Å². The number of aliphatic carboxylic acids is 1. The molecule has 0 saturated heterocycles. The standard InChI is InChI=1S/C12H25NO3/c1-2-3-4-5-6-7-8-9-10-12(13,16)11(14)15/h16H,2-10,13H2,1H3,(H,14,15). The fourth-order valence-electron chi connectivity index (χ4n) is 1.64. The molecule has 0 rings (SSSR count). The highest BCUT2D eigenvalue weighted by atomic mass is 16.4. The van der Waals surface area contributed by atoms with E-state index in [1.807, 2.05) is 0 Å². The van der Waals surface area contributed by atoms with Gasteiger partial charge in [-0.1, -0.05) is 51.9 Å². The maximum absolute atomic E-state index is 10.5. The molecule has 0 aliphatic carbocycles. The van der Waals surface area contributed by atoms with E-state index in [1.165, 1.54) is 32.1 Å². The van der Waals surface area contributed by atoms with Crippen molar-refractivity contribution < 1.29 is 15.0 Å². The molecule has 0 aliphatic rings. The zero-order valence-corrected chi connectivity index (χ0v) is 10.2. The minimum atomic E-state index is -2.04. The average Bonchev–Trinajstić information content (AvgIpc) is 2.21. The third-order valence-corrected chi connectivity index (χ3v) is 2.78. The van der Waals surface area contributed by atoms with E-state index in [2.05, 4.69) is 6.92 Å². The molecular formula is C12H25NO3. The molecule has 96 valence electrons. The van der Waals surface area contributed by atoms with Crippen molar-refractivity contribution in [3.63, 3.8) is 0 Å². The van der Waals surface area contributed by atoms with Crippen molar-refractivity contribution in [3.8, 4) is 0 Å². The molecule has 0 amide bonds. The molecule has 0 aromatic heterocycles. The van der Waals surface area contributed by atoms with Gasteiger partial charge in [0, 0.05) is 6.42 Å². The first-order valence-electron chi connectivity index (χ1n) is 6.25. The molecular weight excluding hydrogens is 206 g/mol. The summed E-state index contributed by atoms with van der Waals surface area (Å²) in [6, 6.07) is 0. The van der Waals surface area contributed by atoms with Crippen LogP contribution in [0.4, 0.5) is 0 Å². The first-order valence-corrected chi connectivity index (χ1v) is 6.25. The zero-order valence-electron chi connectivity index (χ0n) is 10.2. The van der Waals surface area contributed by atoms with Crippen LogP contribution >= 0.6 is 0 Å². The summed E-state index contributed by atoms with van der Waals surface area (Å²) < 4.78 is 0. The van der Waals surface area contributed by atoms with E-state index in [0.29, 0.717) is 6.42 Å². The second-order valence-corrected chi connectivity index (χ2v) is 4.45. The normalized spacial score (nSPS) is 14.7. The van der Waals surface area contributed by atoms with Crippen LogP contribution in [-0.2, 0) is 4.79 Å². The summed E-state index contributed by atoms with van der Waals surface area (Å²) in [5.41, 5.74) is 3.16. The van der Waals surface area contributed by atoms with Crippen molar-refractivity contribution >= 4 is 5.97 Å². The van der Waals surface area contributed by atoms with Crippen LogP contribution < -0.4 is 5.73 Å². The molecule has 0 spiro atoms. The molecule has 0 fully saturated rings. The van der Waals surface area contributed by atoms with Gasteiger partial charge in [-0.15, -0.1) is 0 Å². The number of unbranched alkanes of at least 4 members (excludes halogenated alkanes) is 7. The Morgan fingerprint density at radius 3 is 1.94 bits per heavy atom. The molecule has 0 radical (unpaired) electrons. The van der Waals surface area contributed by atoms with Crippen molar-refractivity contribution in [2.75, 3.05) is 0 Å². The summed E-state index contributed by atoms with van der Waals surface area (Å²) in [6.45, 7) is 2.19. The van der Waals surface area contributed by atoms with E-state index < -0.39 is 11.7 Å². The van der Waals surface area contributed by atoms with Crippen LogP contribution in [-0.4, -0.2) is 21.9 Å². The monoisotopic (exact) mass is 231 g/mol. The van der Waals surface area contributed by atoms with Gasteiger partial charge in [0.25, 0.3) is 0 Å². The van der Waals surface area contributed by atoms with Crippen LogP contribution in [0.3, 0.4) is 0 Å². The second-order valence-electron chi connectivity index (χ2n) is 4.45. The Morgan fingerprint density at radius 1 is 1.06 bits per heavy atom. The van der Waals surface area contributed by atoms with E-state index in [1.54, 1.807) is 0 Å². The minimum absolute atomic E-state index is 0.136. The third kappa shape index (κ3) is 7.65. The van der Waals surface area contributed by atoms with Crippen LogP contribution in [0.15, 0.2) is 0 Å². The lowest BCUT2D eigenvalue weighted by molar-refractivity contribution is -0.158. The molecule has 4 nitrogen and oxygen atoms in total. The van der Waals surface area contributed by atoms with E-state index in [-0.39, 0.29) is 6.42 Å². The Morgan fingerprint density at radius 2 is 1.50 bits per heavy atom. The summed E-state index contributed by atoms with van der Waals surface area (Å²) in [5, 5.41) is 17.8. The van der Waals surface area contributed by atoms with E-state index >= 15 is 0 Å². The fourth-order valence-corrected chi connectivity index (χ4v) is 1.64. The van der Waals surface area contributed by atoms with Crippen LogP contribution in [0.5, 0.6) is 0 Å². The van der Waals surface area contributed by atoms with Crippen LogP contribution in [0.2, 0.25) is 0 Å². The Kier molecular flexibility index (Phi) is 8.21. The van der Waals surface area contributed by atoms with Gasteiger partial charge in [0.15, 0.2) is 0 Å². The number of nitrogens with two attached hydrogens (primary N) is 1. The number of hydrogen-bond acceptors (Lipinski definition) is 3. The summed E-state index contributed by atoms with van der Waals surface area (Å²) in [5.74, 6) is -1.34. The van der Waals surface area contributed by atoms with Gasteiger partial charge < -0.3 is 10.2 Å². The average molecular weight is 231 g/mol. The predicted octanol–water partition coefficient (Wildman–Crippen LogP) is 2.25. The largest absolute Gasteiger partial charge is 0.478 e. The molecule has 0 heterocycles. The number of carboxylic acid groups (broad SMARTS) is 1. The van der Waals surface area contributed by atoms with Gasteiger partial charge in [0.05, 0.1) is 0 Å². The second kappa shape index (κ2) is 8.53. The predicted molar refractivity (Wildman–Crippen MR) is 64.0 cm³/mol. The number of hydrogen-bond donors (Lipinski definition) is 3. The Labute approximate surface area is 97.8 Å². The first-order chi connectivity index (χ1) is 7.50. The maximum Gasteiger partial charge on any atom is 0.350 e. The Bertz CT molecular complexity index is 193. The smallest absolute Gasteiger partial charge is 0.350 e. The summed E-state index contributed by atoms with van der Waals surface area (Å²) >= 11 is 0. The molecule has 1 unspecified atom stereocenters. The molecule has 0 bridgehead atoms. The highest BCUT2D eigenvalue weighted by Gasteiger charge is 2.29. The number of carbonyl (C=O) groups is 1. The van der Waals surface area contributed by atoms with Gasteiger partial charge in [-0.2, -0.15) is 0 Å².